The zero-order chi connectivity index (χ0) is 30.4. The van der Waals surface area contributed by atoms with Crippen molar-refractivity contribution in [3.63, 3.8) is 0 Å². The van der Waals surface area contributed by atoms with Crippen LogP contribution in [0.15, 0.2) is 48.9 Å². The van der Waals surface area contributed by atoms with Crippen LogP contribution in [0.1, 0.15) is 24.0 Å². The maximum absolute atomic E-state index is 13.8. The summed E-state index contributed by atoms with van der Waals surface area (Å²) < 4.78 is 15.7. The molecule has 0 spiro atoms. The molecule has 4 aromatic rings. The van der Waals surface area contributed by atoms with E-state index in [9.17, 15) is 19.3 Å². The van der Waals surface area contributed by atoms with E-state index in [2.05, 4.69) is 48.3 Å². The van der Waals surface area contributed by atoms with Crippen molar-refractivity contribution in [3.05, 3.63) is 82.0 Å². The molecule has 13 heteroatoms. The van der Waals surface area contributed by atoms with Crippen LogP contribution >= 0.6 is 0 Å². The van der Waals surface area contributed by atoms with E-state index in [-0.39, 0.29) is 23.7 Å². The molecule has 1 amide bonds. The Morgan fingerprint density at radius 1 is 1.26 bits per heavy atom. The number of nitrogens with one attached hydrogen (secondary N) is 2. The van der Waals surface area contributed by atoms with Crippen LogP contribution in [0.25, 0.3) is 10.9 Å². The third-order valence-electron chi connectivity index (χ3n) is 6.21. The highest BCUT2D eigenvalue weighted by molar-refractivity contribution is 6.00. The Balaban J connectivity index is 1.46. The minimum absolute atomic E-state index is 0.107. The fraction of sp³-hybridized carbons (Fsp3) is 0.207. The van der Waals surface area contributed by atoms with Crippen molar-refractivity contribution in [2.24, 2.45) is 7.05 Å². The topological polar surface area (TPSA) is 141 Å². The first-order valence-corrected chi connectivity index (χ1v) is 12.6. The van der Waals surface area contributed by atoms with E-state index in [1.807, 2.05) is 14.1 Å². The molecule has 0 fully saturated rings. The Labute approximate surface area is 241 Å². The number of aromatic nitrogens is 5. The molecule has 0 aliphatic rings. The second-order valence-electron chi connectivity index (χ2n) is 9.84. The maximum Gasteiger partial charge on any atom is 0.392 e. The highest BCUT2D eigenvalue weighted by Crippen LogP contribution is 2.26. The van der Waals surface area contributed by atoms with E-state index in [0.29, 0.717) is 45.0 Å². The number of halogens is 1. The van der Waals surface area contributed by atoms with E-state index in [1.165, 1.54) is 36.8 Å². The number of carbonyl (C=O) groups excluding carboxylic acids is 1. The van der Waals surface area contributed by atoms with Gasteiger partial charge in [-0.25, -0.2) is 19.3 Å². The molecule has 12 nitrogen and oxygen atoms in total. The van der Waals surface area contributed by atoms with Crippen LogP contribution in [0.2, 0.25) is 0 Å². The number of rotatable bonds is 9. The second kappa shape index (κ2) is 12.2. The first-order chi connectivity index (χ1) is 20.0. The van der Waals surface area contributed by atoms with Crippen molar-refractivity contribution in [1.29, 1.82) is 0 Å². The summed E-state index contributed by atoms with van der Waals surface area (Å²) >= 11 is 0. The van der Waals surface area contributed by atoms with E-state index in [0.717, 1.165) is 0 Å². The predicted octanol–water partition coefficient (Wildman–Crippen LogP) is 3.67. The molecule has 3 heterocycles. The molecule has 4 rings (SSSR count). The molecule has 0 saturated heterocycles. The van der Waals surface area contributed by atoms with E-state index < -0.39 is 16.6 Å². The fourth-order valence-corrected chi connectivity index (χ4v) is 4.12. The van der Waals surface area contributed by atoms with E-state index in [1.54, 1.807) is 30.7 Å². The van der Waals surface area contributed by atoms with Crippen molar-refractivity contribution in [2.75, 3.05) is 31.3 Å². The van der Waals surface area contributed by atoms with Gasteiger partial charge in [0.15, 0.2) is 5.69 Å². The quantitative estimate of drug-likeness (QED) is 0.102. The molecule has 0 bridgehead atoms. The van der Waals surface area contributed by atoms with Gasteiger partial charge in [0.05, 0.1) is 37.9 Å². The summed E-state index contributed by atoms with van der Waals surface area (Å²) in [6.07, 6.45) is 11.3. The number of anilines is 3. The van der Waals surface area contributed by atoms with Crippen LogP contribution in [0, 0.1) is 40.1 Å². The monoisotopic (exact) mass is 568 g/mol. The zero-order valence-electron chi connectivity index (χ0n) is 23.3. The van der Waals surface area contributed by atoms with Gasteiger partial charge in [-0.3, -0.25) is 9.36 Å². The van der Waals surface area contributed by atoms with Crippen LogP contribution in [-0.2, 0) is 18.4 Å². The Morgan fingerprint density at radius 2 is 2.05 bits per heavy atom. The number of likely N-dealkylation sites (N-methyl/N-ethyl adjacent to an activating group) is 1. The average Bonchev–Trinajstić information content (AvgIpc) is 3.24. The van der Waals surface area contributed by atoms with Gasteiger partial charge in [0.2, 0.25) is 5.91 Å². The van der Waals surface area contributed by atoms with Crippen LogP contribution in [0.4, 0.5) is 27.5 Å². The lowest BCUT2D eigenvalue weighted by Gasteiger charge is -2.28. The Bertz CT molecular complexity index is 1830. The summed E-state index contributed by atoms with van der Waals surface area (Å²) in [7, 11) is 5.46. The van der Waals surface area contributed by atoms with Gasteiger partial charge in [-0.1, -0.05) is 11.8 Å². The van der Waals surface area contributed by atoms with Crippen molar-refractivity contribution in [3.8, 4) is 24.2 Å². The number of nitro groups is 1. The van der Waals surface area contributed by atoms with Crippen LogP contribution in [-0.4, -0.2) is 60.5 Å². The van der Waals surface area contributed by atoms with Crippen LogP contribution in [0.5, 0.6) is 0 Å². The number of nitrogens with zero attached hydrogens (tertiary/aromatic N) is 7. The van der Waals surface area contributed by atoms with Crippen LogP contribution < -0.4 is 10.6 Å². The molecule has 0 aliphatic carbocycles. The number of quaternary nitrogens is 1. The summed E-state index contributed by atoms with van der Waals surface area (Å²) in [6, 6.07) is 5.90. The van der Waals surface area contributed by atoms with Crippen molar-refractivity contribution in [2.45, 2.75) is 13.5 Å². The van der Waals surface area contributed by atoms with Crippen molar-refractivity contribution in [1.82, 2.24) is 24.5 Å². The standard InChI is InChI=1S/C29H26FN9O3/c1-6-9-26-36-29(38(41)42)24(37(26)3)17-39(4,5)13-8-10-27(40)35-25-15-21-23(16-31-25)32-18-33-28(21)34-20-11-12-22(30)19(7-2)14-20/h2,8,10-12,14-16,18H,13,17H2,1,3-5H3,(H-,31,32,33,34,35,40)/p+1/b10-8+. The molecule has 1 aromatic carbocycles. The number of hydrogen-bond donors (Lipinski definition) is 2. The number of pyridine rings is 1. The zero-order valence-corrected chi connectivity index (χ0v) is 23.3. The minimum Gasteiger partial charge on any atom is -0.358 e. The number of terminal acetylenes is 1. The van der Waals surface area contributed by atoms with Gasteiger partial charge >= 0.3 is 5.82 Å². The smallest absolute Gasteiger partial charge is 0.358 e. The van der Waals surface area contributed by atoms with E-state index >= 15 is 0 Å². The Morgan fingerprint density at radius 3 is 2.76 bits per heavy atom. The SMILES string of the molecule is C#Cc1cc(Nc2ncnc3cnc(NC(=O)/C=C/C[N+](C)(C)Cc4c([N+](=O)[O-])nc(C#CC)n4C)cc23)ccc1F. The average molecular weight is 569 g/mol. The Kier molecular flexibility index (Phi) is 8.55. The lowest BCUT2D eigenvalue weighted by Crippen LogP contribution is -2.39. The van der Waals surface area contributed by atoms with Crippen molar-refractivity contribution >= 4 is 40.0 Å². The number of hydrogen-bond acceptors (Lipinski definition) is 8. The van der Waals surface area contributed by atoms with Gasteiger partial charge in [-0.2, -0.15) is 0 Å². The van der Waals surface area contributed by atoms with Gasteiger partial charge in [-0.15, -0.1) is 6.42 Å². The largest absolute Gasteiger partial charge is 0.392 e. The first-order valence-electron chi connectivity index (χ1n) is 12.6. The summed E-state index contributed by atoms with van der Waals surface area (Å²) in [4.78, 5) is 40.5. The maximum atomic E-state index is 13.8. The highest BCUT2D eigenvalue weighted by atomic mass is 19.1. The molecule has 0 aliphatic heterocycles. The number of amides is 1. The van der Waals surface area contributed by atoms with Gasteiger partial charge in [0.25, 0.3) is 5.82 Å². The predicted molar refractivity (Wildman–Crippen MR) is 156 cm³/mol. The van der Waals surface area contributed by atoms with Gasteiger partial charge in [0, 0.05) is 24.2 Å². The van der Waals surface area contributed by atoms with Gasteiger partial charge in [0.1, 0.15) is 30.3 Å². The lowest BCUT2D eigenvalue weighted by molar-refractivity contribution is -0.898. The molecule has 212 valence electrons. The van der Waals surface area contributed by atoms with E-state index in [4.69, 9.17) is 6.42 Å². The molecular weight excluding hydrogens is 541 g/mol. The third-order valence-corrected chi connectivity index (χ3v) is 6.21. The number of imidazole rings is 1. The lowest BCUT2D eigenvalue weighted by atomic mass is 10.2. The number of carbonyl (C=O) groups is 1. The van der Waals surface area contributed by atoms with Gasteiger partial charge < -0.3 is 25.2 Å². The fourth-order valence-electron chi connectivity index (χ4n) is 4.12. The van der Waals surface area contributed by atoms with Gasteiger partial charge in [-0.05, 0) is 53.1 Å². The summed E-state index contributed by atoms with van der Waals surface area (Å²) in [6.45, 7) is 2.32. The molecule has 0 saturated carbocycles. The van der Waals surface area contributed by atoms with Crippen molar-refractivity contribution < 1.29 is 18.6 Å². The molecule has 3 aromatic heterocycles. The second-order valence-corrected chi connectivity index (χ2v) is 9.84. The summed E-state index contributed by atoms with van der Waals surface area (Å²) in [5, 5.41) is 17.9. The number of fused-ring (bicyclic) bond motifs is 1. The first kappa shape index (κ1) is 29.3. The van der Waals surface area contributed by atoms with Crippen LogP contribution in [0.3, 0.4) is 0 Å². The molecular formula is C29H27FN9O3+. The third kappa shape index (κ3) is 6.72. The number of benzene rings is 1. The normalized spacial score (nSPS) is 11.1. The summed E-state index contributed by atoms with van der Waals surface area (Å²) in [5.74, 6) is 7.62. The molecule has 2 N–H and O–H groups in total. The summed E-state index contributed by atoms with van der Waals surface area (Å²) in [5.41, 5.74) is 1.59. The molecule has 0 radical (unpaired) electrons. The molecule has 0 atom stereocenters. The minimum atomic E-state index is -0.518. The molecule has 0 unspecified atom stereocenters. The highest BCUT2D eigenvalue weighted by Gasteiger charge is 2.30. The Hall–Kier alpha value is -5.66. The molecule has 42 heavy (non-hydrogen) atoms.